The highest BCUT2D eigenvalue weighted by Crippen LogP contribution is 2.26. The van der Waals surface area contributed by atoms with Crippen molar-refractivity contribution in [2.45, 2.75) is 25.8 Å². The zero-order valence-electron chi connectivity index (χ0n) is 15.1. The van der Waals surface area contributed by atoms with Gasteiger partial charge in [0.2, 0.25) is 11.8 Å². The Hall–Kier alpha value is -2.57. The Kier molecular flexibility index (Phi) is 6.21. The molecule has 0 spiro atoms. The van der Waals surface area contributed by atoms with E-state index in [0.717, 1.165) is 16.8 Å². The van der Waals surface area contributed by atoms with Crippen LogP contribution in [0.4, 0.5) is 5.69 Å². The lowest BCUT2D eigenvalue weighted by Gasteiger charge is -2.20. The van der Waals surface area contributed by atoms with Gasteiger partial charge in [0, 0.05) is 17.7 Å². The van der Waals surface area contributed by atoms with Gasteiger partial charge in [-0.15, -0.1) is 0 Å². The number of benzene rings is 2. The number of anilines is 1. The number of aryl methyl sites for hydroxylation is 1. The van der Waals surface area contributed by atoms with E-state index in [1.54, 1.807) is 0 Å². The van der Waals surface area contributed by atoms with Crippen molar-refractivity contribution >= 4 is 46.6 Å². The van der Waals surface area contributed by atoms with E-state index in [4.69, 9.17) is 23.2 Å². The smallest absolute Gasteiger partial charge is 0.251 e. The Balaban J connectivity index is 1.55. The van der Waals surface area contributed by atoms with Crippen molar-refractivity contribution in [3.05, 3.63) is 63.1 Å². The van der Waals surface area contributed by atoms with Crippen molar-refractivity contribution in [3.8, 4) is 0 Å². The maximum Gasteiger partial charge on any atom is 0.251 e. The second kappa shape index (κ2) is 8.63. The molecular weight excluding hydrogens is 401 g/mol. The first-order chi connectivity index (χ1) is 13.3. The standard InChI is InChI=1S/C20H19Cl2N3O3/c1-11(12-3-6-17-13(8-12)4-7-18(26)25-17)24-19(27)10-23-20(28)14-2-5-15(21)16(22)9-14/h2-3,5-6,8-9,11H,4,7,10H2,1H3,(H,23,28)(H,24,27)(H,25,26). The van der Waals surface area contributed by atoms with E-state index in [-0.39, 0.29) is 29.4 Å². The largest absolute Gasteiger partial charge is 0.348 e. The summed E-state index contributed by atoms with van der Waals surface area (Å²) in [5.41, 5.74) is 3.12. The van der Waals surface area contributed by atoms with E-state index in [0.29, 0.717) is 23.4 Å². The molecule has 3 N–H and O–H groups in total. The lowest BCUT2D eigenvalue weighted by molar-refractivity contribution is -0.120. The monoisotopic (exact) mass is 419 g/mol. The Morgan fingerprint density at radius 1 is 1.11 bits per heavy atom. The summed E-state index contributed by atoms with van der Waals surface area (Å²) in [6.07, 6.45) is 1.13. The van der Waals surface area contributed by atoms with E-state index in [1.165, 1.54) is 18.2 Å². The van der Waals surface area contributed by atoms with Gasteiger partial charge >= 0.3 is 0 Å². The summed E-state index contributed by atoms with van der Waals surface area (Å²) in [5.74, 6) is -0.711. The summed E-state index contributed by atoms with van der Waals surface area (Å²) in [4.78, 5) is 35.8. The second-order valence-corrected chi connectivity index (χ2v) is 7.38. The second-order valence-electron chi connectivity index (χ2n) is 6.57. The van der Waals surface area contributed by atoms with E-state index >= 15 is 0 Å². The quantitative estimate of drug-likeness (QED) is 0.692. The molecule has 3 rings (SSSR count). The molecule has 6 nitrogen and oxygen atoms in total. The van der Waals surface area contributed by atoms with Crippen molar-refractivity contribution in [1.82, 2.24) is 10.6 Å². The Labute approximate surface area is 172 Å². The van der Waals surface area contributed by atoms with Crippen LogP contribution in [-0.2, 0) is 16.0 Å². The molecule has 0 saturated heterocycles. The van der Waals surface area contributed by atoms with Crippen LogP contribution in [-0.4, -0.2) is 24.3 Å². The van der Waals surface area contributed by atoms with Gasteiger partial charge in [0.15, 0.2) is 0 Å². The van der Waals surface area contributed by atoms with Crippen LogP contribution < -0.4 is 16.0 Å². The molecule has 2 aromatic carbocycles. The predicted molar refractivity (Wildman–Crippen MR) is 109 cm³/mol. The van der Waals surface area contributed by atoms with Crippen molar-refractivity contribution in [1.29, 1.82) is 0 Å². The number of hydrogen-bond acceptors (Lipinski definition) is 3. The van der Waals surface area contributed by atoms with Gasteiger partial charge in [-0.2, -0.15) is 0 Å². The van der Waals surface area contributed by atoms with Crippen LogP contribution in [0.15, 0.2) is 36.4 Å². The first kappa shape index (κ1) is 20.2. The predicted octanol–water partition coefficient (Wildman–Crippen LogP) is 3.49. The van der Waals surface area contributed by atoms with Gasteiger partial charge < -0.3 is 16.0 Å². The molecule has 0 aromatic heterocycles. The summed E-state index contributed by atoms with van der Waals surface area (Å²) >= 11 is 11.7. The average molecular weight is 420 g/mol. The molecule has 1 aliphatic rings. The highest BCUT2D eigenvalue weighted by atomic mass is 35.5. The van der Waals surface area contributed by atoms with Gasteiger partial charge in [-0.1, -0.05) is 35.3 Å². The van der Waals surface area contributed by atoms with Crippen LogP contribution in [0.1, 0.15) is 40.9 Å². The van der Waals surface area contributed by atoms with Crippen LogP contribution in [0.3, 0.4) is 0 Å². The Morgan fingerprint density at radius 3 is 2.64 bits per heavy atom. The van der Waals surface area contributed by atoms with Crippen molar-refractivity contribution in [2.24, 2.45) is 0 Å². The number of nitrogens with one attached hydrogen (secondary N) is 3. The molecule has 0 bridgehead atoms. The van der Waals surface area contributed by atoms with Gasteiger partial charge in [-0.05, 0) is 48.7 Å². The lowest BCUT2D eigenvalue weighted by Crippen LogP contribution is -2.38. The number of fused-ring (bicyclic) bond motifs is 1. The van der Waals surface area contributed by atoms with Crippen LogP contribution in [0, 0.1) is 0 Å². The third-order valence-corrected chi connectivity index (χ3v) is 5.23. The normalized spacial score (nSPS) is 13.9. The van der Waals surface area contributed by atoms with E-state index < -0.39 is 5.91 Å². The van der Waals surface area contributed by atoms with Gasteiger partial charge in [0.1, 0.15) is 0 Å². The molecule has 0 radical (unpaired) electrons. The molecule has 3 amide bonds. The number of halogens is 2. The minimum absolute atomic E-state index is 0.0133. The van der Waals surface area contributed by atoms with Crippen molar-refractivity contribution < 1.29 is 14.4 Å². The van der Waals surface area contributed by atoms with Gasteiger partial charge in [-0.3, -0.25) is 14.4 Å². The first-order valence-corrected chi connectivity index (χ1v) is 9.54. The summed E-state index contributed by atoms with van der Waals surface area (Å²) in [6, 6.07) is 9.96. The van der Waals surface area contributed by atoms with E-state index in [1.807, 2.05) is 25.1 Å². The molecule has 0 fully saturated rings. The summed E-state index contributed by atoms with van der Waals surface area (Å²) in [7, 11) is 0. The summed E-state index contributed by atoms with van der Waals surface area (Å²) in [5, 5.41) is 8.87. The fourth-order valence-electron chi connectivity index (χ4n) is 2.95. The highest BCUT2D eigenvalue weighted by molar-refractivity contribution is 6.42. The number of hydrogen-bond donors (Lipinski definition) is 3. The Morgan fingerprint density at radius 2 is 1.89 bits per heavy atom. The molecular formula is C20H19Cl2N3O3. The van der Waals surface area contributed by atoms with Gasteiger partial charge in [0.05, 0.1) is 22.6 Å². The highest BCUT2D eigenvalue weighted by Gasteiger charge is 2.17. The Bertz CT molecular complexity index is 946. The molecule has 0 aliphatic carbocycles. The molecule has 1 unspecified atom stereocenters. The maximum absolute atomic E-state index is 12.2. The fraction of sp³-hybridized carbons (Fsp3) is 0.250. The molecule has 8 heteroatoms. The number of rotatable bonds is 5. The van der Waals surface area contributed by atoms with Crippen molar-refractivity contribution in [2.75, 3.05) is 11.9 Å². The molecule has 1 aliphatic heterocycles. The van der Waals surface area contributed by atoms with E-state index in [9.17, 15) is 14.4 Å². The minimum atomic E-state index is -0.411. The van der Waals surface area contributed by atoms with E-state index in [2.05, 4.69) is 16.0 Å². The fourth-order valence-corrected chi connectivity index (χ4v) is 3.25. The summed E-state index contributed by atoms with van der Waals surface area (Å²) < 4.78 is 0. The van der Waals surface area contributed by atoms with Gasteiger partial charge in [-0.25, -0.2) is 0 Å². The average Bonchev–Trinajstić information content (AvgIpc) is 2.67. The molecule has 146 valence electrons. The topological polar surface area (TPSA) is 87.3 Å². The maximum atomic E-state index is 12.2. The van der Waals surface area contributed by atoms with Crippen LogP contribution in [0.2, 0.25) is 10.0 Å². The molecule has 28 heavy (non-hydrogen) atoms. The molecule has 0 saturated carbocycles. The molecule has 1 atom stereocenters. The zero-order valence-corrected chi connectivity index (χ0v) is 16.7. The third kappa shape index (κ3) is 4.82. The third-order valence-electron chi connectivity index (χ3n) is 4.49. The number of amides is 3. The SMILES string of the molecule is CC(NC(=O)CNC(=O)c1ccc(Cl)c(Cl)c1)c1ccc2c(c1)CCC(=O)N2. The number of carbonyl (C=O) groups excluding carboxylic acids is 3. The molecule has 2 aromatic rings. The van der Waals surface area contributed by atoms with Crippen LogP contribution in [0.25, 0.3) is 0 Å². The van der Waals surface area contributed by atoms with Gasteiger partial charge in [0.25, 0.3) is 5.91 Å². The van der Waals surface area contributed by atoms with Crippen molar-refractivity contribution in [3.63, 3.8) is 0 Å². The minimum Gasteiger partial charge on any atom is -0.348 e. The lowest BCUT2D eigenvalue weighted by atomic mass is 9.98. The summed E-state index contributed by atoms with van der Waals surface area (Å²) in [6.45, 7) is 1.70. The number of carbonyl (C=O) groups is 3. The first-order valence-electron chi connectivity index (χ1n) is 8.79. The molecule has 1 heterocycles. The van der Waals surface area contributed by atoms with Crippen LogP contribution >= 0.6 is 23.2 Å². The zero-order chi connectivity index (χ0) is 20.3. The van der Waals surface area contributed by atoms with Crippen LogP contribution in [0.5, 0.6) is 0 Å².